The molecule has 0 saturated heterocycles. The highest BCUT2D eigenvalue weighted by molar-refractivity contribution is 5.71. The molecule has 0 heterocycles. The van der Waals surface area contributed by atoms with Gasteiger partial charge in [-0.3, -0.25) is 14.4 Å². The first kappa shape index (κ1) is 79.3. The Morgan fingerprint density at radius 1 is 0.253 bits per heavy atom. The van der Waals surface area contributed by atoms with Crippen LogP contribution >= 0.6 is 0 Å². The molecule has 478 valence electrons. The van der Waals surface area contributed by atoms with E-state index in [0.29, 0.717) is 19.3 Å². The fourth-order valence-electron chi connectivity index (χ4n) is 10.2. The normalized spacial score (nSPS) is 12.7. The molecule has 0 aromatic heterocycles. The highest BCUT2D eigenvalue weighted by Crippen LogP contribution is 2.17. The summed E-state index contributed by atoms with van der Waals surface area (Å²) in [7, 11) is 0. The lowest BCUT2D eigenvalue weighted by molar-refractivity contribution is -0.167. The van der Waals surface area contributed by atoms with E-state index in [1.807, 2.05) is 0 Å². The molecule has 0 fully saturated rings. The van der Waals surface area contributed by atoms with Gasteiger partial charge < -0.3 is 14.2 Å². The summed E-state index contributed by atoms with van der Waals surface area (Å²) in [5.74, 6) is -0.928. The molecule has 0 spiro atoms. The molecule has 0 rings (SSSR count). The van der Waals surface area contributed by atoms with Crippen molar-refractivity contribution in [2.24, 2.45) is 0 Å². The van der Waals surface area contributed by atoms with E-state index in [4.69, 9.17) is 14.2 Å². The Labute approximate surface area is 515 Å². The molecule has 0 amide bonds. The number of rotatable bonds is 65. The molecule has 0 saturated carbocycles. The molecular formula is C77H134O6. The second kappa shape index (κ2) is 70.8. The minimum atomic E-state index is -0.801. The second-order valence-electron chi connectivity index (χ2n) is 23.8. The third kappa shape index (κ3) is 69.0. The van der Waals surface area contributed by atoms with Gasteiger partial charge in [-0.15, -0.1) is 0 Å². The fourth-order valence-corrected chi connectivity index (χ4v) is 10.2. The topological polar surface area (TPSA) is 78.9 Å². The smallest absolute Gasteiger partial charge is 0.306 e. The van der Waals surface area contributed by atoms with Gasteiger partial charge in [0.15, 0.2) is 6.10 Å². The lowest BCUT2D eigenvalue weighted by Crippen LogP contribution is -2.30. The number of esters is 3. The number of hydrogen-bond acceptors (Lipinski definition) is 6. The Hall–Kier alpha value is -3.67. The summed E-state index contributed by atoms with van der Waals surface area (Å²) in [6.45, 7) is 6.51. The standard InChI is InChI=1S/C77H134O6/c1-4-7-10-13-16-19-22-25-28-30-32-34-36-37-38-39-41-42-44-46-49-52-55-58-61-64-67-70-76(79)82-73-74(72-81-75(78)69-66-63-60-57-54-51-48-27-24-21-18-15-12-9-6-3)83-77(80)71-68-65-62-59-56-53-50-47-45-43-40-35-33-31-29-26-23-20-17-14-11-8-5-2/h9,12,18,21,23,26-27,30-33,40,43,48,54,57,74H,4-8,10-11,13-17,19-20,22,24-25,28-29,34-39,41-42,44-47,49-53,55-56,58-73H2,1-3H3/b12-9-,21-18-,26-23-,32-30-,33-31-,43-40-,48-27-,57-54-. The van der Waals surface area contributed by atoms with E-state index < -0.39 is 6.10 Å². The van der Waals surface area contributed by atoms with E-state index in [0.717, 1.165) is 103 Å². The fraction of sp³-hybridized carbons (Fsp3) is 0.753. The largest absolute Gasteiger partial charge is 0.462 e. The lowest BCUT2D eigenvalue weighted by Gasteiger charge is -2.18. The molecule has 6 nitrogen and oxygen atoms in total. The molecule has 0 bridgehead atoms. The zero-order valence-electron chi connectivity index (χ0n) is 54.9. The van der Waals surface area contributed by atoms with Crippen molar-refractivity contribution in [3.05, 3.63) is 97.2 Å². The van der Waals surface area contributed by atoms with E-state index in [2.05, 4.69) is 118 Å². The Kier molecular flexibility index (Phi) is 67.7. The third-order valence-corrected chi connectivity index (χ3v) is 15.5. The Bertz CT molecular complexity index is 1610. The van der Waals surface area contributed by atoms with Crippen LogP contribution in [0.4, 0.5) is 0 Å². The number of unbranched alkanes of at least 4 members (excludes halogenated alkanes) is 38. The molecule has 0 aromatic carbocycles. The molecule has 0 aromatic rings. The van der Waals surface area contributed by atoms with Gasteiger partial charge >= 0.3 is 17.9 Å². The summed E-state index contributed by atoms with van der Waals surface area (Å²) in [5, 5.41) is 0. The van der Waals surface area contributed by atoms with Gasteiger partial charge in [0.25, 0.3) is 0 Å². The molecule has 0 radical (unpaired) electrons. The molecule has 0 aliphatic rings. The van der Waals surface area contributed by atoms with Crippen molar-refractivity contribution in [3.8, 4) is 0 Å². The molecule has 1 unspecified atom stereocenters. The highest BCUT2D eigenvalue weighted by Gasteiger charge is 2.19. The van der Waals surface area contributed by atoms with Crippen LogP contribution in [0.1, 0.15) is 355 Å². The zero-order valence-corrected chi connectivity index (χ0v) is 54.9. The van der Waals surface area contributed by atoms with Crippen molar-refractivity contribution in [3.63, 3.8) is 0 Å². The quantitative estimate of drug-likeness (QED) is 0.0261. The number of ether oxygens (including phenoxy) is 3. The van der Waals surface area contributed by atoms with Gasteiger partial charge in [0.05, 0.1) is 0 Å². The average Bonchev–Trinajstić information content (AvgIpc) is 3.49. The highest BCUT2D eigenvalue weighted by atomic mass is 16.6. The van der Waals surface area contributed by atoms with Gasteiger partial charge in [-0.05, 0) is 122 Å². The molecule has 0 aliphatic carbocycles. The first-order valence-corrected chi connectivity index (χ1v) is 35.7. The summed E-state index contributed by atoms with van der Waals surface area (Å²) in [6.07, 6.45) is 95.9. The van der Waals surface area contributed by atoms with Crippen LogP contribution in [0.15, 0.2) is 97.2 Å². The molecule has 0 aliphatic heterocycles. The lowest BCUT2D eigenvalue weighted by atomic mass is 10.0. The first-order chi connectivity index (χ1) is 41.0. The summed E-state index contributed by atoms with van der Waals surface area (Å²) in [6, 6.07) is 0. The van der Waals surface area contributed by atoms with Gasteiger partial charge in [0, 0.05) is 19.3 Å². The van der Waals surface area contributed by atoms with Crippen LogP contribution in [-0.2, 0) is 28.6 Å². The number of hydrogen-bond donors (Lipinski definition) is 0. The van der Waals surface area contributed by atoms with Crippen molar-refractivity contribution in [1.82, 2.24) is 0 Å². The van der Waals surface area contributed by atoms with Gasteiger partial charge in [-0.1, -0.05) is 311 Å². The molecular weight excluding hydrogens is 1020 g/mol. The van der Waals surface area contributed by atoms with Gasteiger partial charge in [-0.25, -0.2) is 0 Å². The molecule has 1 atom stereocenters. The minimum Gasteiger partial charge on any atom is -0.462 e. The Morgan fingerprint density at radius 3 is 0.771 bits per heavy atom. The van der Waals surface area contributed by atoms with E-state index in [-0.39, 0.29) is 31.1 Å². The van der Waals surface area contributed by atoms with Crippen molar-refractivity contribution in [1.29, 1.82) is 0 Å². The van der Waals surface area contributed by atoms with Gasteiger partial charge in [0.1, 0.15) is 13.2 Å². The van der Waals surface area contributed by atoms with E-state index in [1.54, 1.807) is 0 Å². The van der Waals surface area contributed by atoms with Crippen molar-refractivity contribution in [2.75, 3.05) is 13.2 Å². The van der Waals surface area contributed by atoms with Crippen LogP contribution in [0.2, 0.25) is 0 Å². The SMILES string of the molecule is CC/C=C\C/C=C\C/C=C\C/C=C\CCCCC(=O)OCC(COC(=O)CCCCCCCCCCCCCCCCC/C=C\CCCCCCCCCC)OC(=O)CCCCCCCCCC/C=C\C/C=C\C/C=C\CCCCCCC. The maximum atomic E-state index is 13.0. The number of allylic oxidation sites excluding steroid dienone is 16. The van der Waals surface area contributed by atoms with E-state index in [1.165, 1.54) is 212 Å². The van der Waals surface area contributed by atoms with Crippen LogP contribution in [0.5, 0.6) is 0 Å². The van der Waals surface area contributed by atoms with Gasteiger partial charge in [0.2, 0.25) is 0 Å². The van der Waals surface area contributed by atoms with Crippen LogP contribution in [0.3, 0.4) is 0 Å². The van der Waals surface area contributed by atoms with Gasteiger partial charge in [-0.2, -0.15) is 0 Å². The Balaban J connectivity index is 4.33. The number of carbonyl (C=O) groups excluding carboxylic acids is 3. The second-order valence-corrected chi connectivity index (χ2v) is 23.8. The van der Waals surface area contributed by atoms with Crippen LogP contribution in [-0.4, -0.2) is 37.2 Å². The summed E-state index contributed by atoms with van der Waals surface area (Å²) < 4.78 is 16.9. The molecule has 6 heteroatoms. The maximum Gasteiger partial charge on any atom is 0.306 e. The zero-order chi connectivity index (χ0) is 59.9. The minimum absolute atomic E-state index is 0.0922. The van der Waals surface area contributed by atoms with E-state index in [9.17, 15) is 14.4 Å². The predicted molar refractivity (Wildman–Crippen MR) is 362 cm³/mol. The third-order valence-electron chi connectivity index (χ3n) is 15.5. The molecule has 0 N–H and O–H groups in total. The van der Waals surface area contributed by atoms with Crippen molar-refractivity contribution < 1.29 is 28.6 Å². The summed E-state index contributed by atoms with van der Waals surface area (Å²) >= 11 is 0. The predicted octanol–water partition coefficient (Wildman–Crippen LogP) is 24.8. The van der Waals surface area contributed by atoms with Crippen molar-refractivity contribution >= 4 is 17.9 Å². The van der Waals surface area contributed by atoms with E-state index >= 15 is 0 Å². The van der Waals surface area contributed by atoms with Crippen molar-refractivity contribution in [2.45, 2.75) is 361 Å². The van der Waals surface area contributed by atoms with Crippen LogP contribution in [0, 0.1) is 0 Å². The monoisotopic (exact) mass is 1160 g/mol. The van der Waals surface area contributed by atoms with Crippen LogP contribution < -0.4 is 0 Å². The Morgan fingerprint density at radius 2 is 0.470 bits per heavy atom. The number of carbonyl (C=O) groups is 3. The maximum absolute atomic E-state index is 13.0. The van der Waals surface area contributed by atoms with Crippen LogP contribution in [0.25, 0.3) is 0 Å². The summed E-state index contributed by atoms with van der Waals surface area (Å²) in [5.41, 5.74) is 0. The molecule has 83 heavy (non-hydrogen) atoms. The first-order valence-electron chi connectivity index (χ1n) is 35.7. The summed E-state index contributed by atoms with van der Waals surface area (Å²) in [4.78, 5) is 38.4. The average molecular weight is 1160 g/mol.